The van der Waals surface area contributed by atoms with Crippen molar-refractivity contribution >= 4 is 0 Å². The second-order valence-electron chi connectivity index (χ2n) is 5.05. The van der Waals surface area contributed by atoms with Crippen LogP contribution in [0.5, 0.6) is 0 Å². The third-order valence-electron chi connectivity index (χ3n) is 3.12. The van der Waals surface area contributed by atoms with E-state index in [2.05, 4.69) is 57.3 Å². The van der Waals surface area contributed by atoms with Gasteiger partial charge in [-0.05, 0) is 32.4 Å². The van der Waals surface area contributed by atoms with Crippen LogP contribution in [0.25, 0.3) is 0 Å². The van der Waals surface area contributed by atoms with Crippen LogP contribution < -0.4 is 5.32 Å². The molecule has 1 aromatic rings. The molecule has 2 unspecified atom stereocenters. The predicted octanol–water partition coefficient (Wildman–Crippen LogP) is 3.32. The molecule has 2 atom stereocenters. The van der Waals surface area contributed by atoms with Crippen LogP contribution in [-0.2, 0) is 4.74 Å². The topological polar surface area (TPSA) is 21.3 Å². The maximum atomic E-state index is 6.13. The van der Waals surface area contributed by atoms with Gasteiger partial charge in [0, 0.05) is 6.54 Å². The van der Waals surface area contributed by atoms with Gasteiger partial charge in [-0.3, -0.25) is 0 Å². The summed E-state index contributed by atoms with van der Waals surface area (Å²) >= 11 is 0. The molecule has 2 heteroatoms. The number of hydrogen-bond acceptors (Lipinski definition) is 2. The zero-order chi connectivity index (χ0) is 12.8. The smallest absolute Gasteiger partial charge is 0.0952 e. The molecule has 17 heavy (non-hydrogen) atoms. The van der Waals surface area contributed by atoms with E-state index in [4.69, 9.17) is 4.74 Å². The molecule has 2 nitrogen and oxygen atoms in total. The van der Waals surface area contributed by atoms with E-state index in [0.29, 0.717) is 5.92 Å². The first kappa shape index (κ1) is 14.2. The minimum atomic E-state index is 0.136. The molecular weight excluding hydrogens is 210 g/mol. The van der Waals surface area contributed by atoms with Crippen molar-refractivity contribution in [1.82, 2.24) is 5.32 Å². The van der Waals surface area contributed by atoms with Crippen molar-refractivity contribution < 1.29 is 4.74 Å². The maximum Gasteiger partial charge on any atom is 0.0952 e. The molecular formula is C15H25NO. The maximum absolute atomic E-state index is 6.13. The Kier molecular flexibility index (Phi) is 5.66. The normalized spacial score (nSPS) is 14.9. The number of rotatable bonds is 6. The molecule has 0 radical (unpaired) electrons. The van der Waals surface area contributed by atoms with Gasteiger partial charge in [-0.1, -0.05) is 43.7 Å². The minimum Gasteiger partial charge on any atom is -0.369 e. The van der Waals surface area contributed by atoms with E-state index in [1.54, 1.807) is 0 Å². The highest BCUT2D eigenvalue weighted by atomic mass is 16.5. The SMILES string of the molecule is CNCC(OC(C)C(C)C)c1cccc(C)c1. The van der Waals surface area contributed by atoms with E-state index in [9.17, 15) is 0 Å². The van der Waals surface area contributed by atoms with Gasteiger partial charge in [-0.15, -0.1) is 0 Å². The molecule has 0 amide bonds. The van der Waals surface area contributed by atoms with Crippen molar-refractivity contribution in [3.63, 3.8) is 0 Å². The third kappa shape index (κ3) is 4.49. The molecule has 1 aromatic carbocycles. The molecule has 0 aliphatic rings. The third-order valence-corrected chi connectivity index (χ3v) is 3.12. The molecule has 0 saturated carbocycles. The first-order valence-electron chi connectivity index (χ1n) is 6.41. The van der Waals surface area contributed by atoms with E-state index < -0.39 is 0 Å². The van der Waals surface area contributed by atoms with Crippen LogP contribution in [0, 0.1) is 12.8 Å². The lowest BCUT2D eigenvalue weighted by Gasteiger charge is -2.25. The second kappa shape index (κ2) is 6.77. The Morgan fingerprint density at radius 3 is 2.47 bits per heavy atom. The lowest BCUT2D eigenvalue weighted by molar-refractivity contribution is -0.0251. The molecule has 0 heterocycles. The molecule has 0 spiro atoms. The van der Waals surface area contributed by atoms with Crippen LogP contribution in [0.3, 0.4) is 0 Å². The van der Waals surface area contributed by atoms with Gasteiger partial charge in [0.1, 0.15) is 0 Å². The largest absolute Gasteiger partial charge is 0.369 e. The van der Waals surface area contributed by atoms with Gasteiger partial charge in [0.15, 0.2) is 0 Å². The van der Waals surface area contributed by atoms with Crippen LogP contribution in [0.1, 0.15) is 38.0 Å². The summed E-state index contributed by atoms with van der Waals surface area (Å²) < 4.78 is 6.13. The Labute approximate surface area is 105 Å². The van der Waals surface area contributed by atoms with Gasteiger partial charge >= 0.3 is 0 Å². The van der Waals surface area contributed by atoms with Gasteiger partial charge in [-0.2, -0.15) is 0 Å². The molecule has 0 aromatic heterocycles. The van der Waals surface area contributed by atoms with Gasteiger partial charge in [0.05, 0.1) is 12.2 Å². The number of hydrogen-bond donors (Lipinski definition) is 1. The fraction of sp³-hybridized carbons (Fsp3) is 0.600. The molecule has 1 N–H and O–H groups in total. The van der Waals surface area contributed by atoms with Gasteiger partial charge < -0.3 is 10.1 Å². The molecule has 0 saturated heterocycles. The average molecular weight is 235 g/mol. The van der Waals surface area contributed by atoms with E-state index in [-0.39, 0.29) is 12.2 Å². The van der Waals surface area contributed by atoms with Crippen LogP contribution in [0.2, 0.25) is 0 Å². The van der Waals surface area contributed by atoms with Crippen molar-refractivity contribution in [2.45, 2.75) is 39.9 Å². The number of ether oxygens (including phenoxy) is 1. The summed E-state index contributed by atoms with van der Waals surface area (Å²) in [7, 11) is 1.96. The molecule has 0 fully saturated rings. The first-order chi connectivity index (χ1) is 8.04. The fourth-order valence-corrected chi connectivity index (χ4v) is 1.72. The van der Waals surface area contributed by atoms with E-state index in [1.165, 1.54) is 11.1 Å². The Balaban J connectivity index is 2.78. The number of nitrogens with one attached hydrogen (secondary N) is 1. The number of benzene rings is 1. The summed E-state index contributed by atoms with van der Waals surface area (Å²) in [6.07, 6.45) is 0.408. The van der Waals surface area contributed by atoms with E-state index in [1.807, 2.05) is 7.05 Å². The van der Waals surface area contributed by atoms with E-state index >= 15 is 0 Å². The average Bonchev–Trinajstić information content (AvgIpc) is 2.28. The van der Waals surface area contributed by atoms with Crippen LogP contribution in [0.4, 0.5) is 0 Å². The molecule has 0 aliphatic carbocycles. The highest BCUT2D eigenvalue weighted by molar-refractivity contribution is 5.24. The second-order valence-corrected chi connectivity index (χ2v) is 5.05. The van der Waals surface area contributed by atoms with Crippen LogP contribution in [0.15, 0.2) is 24.3 Å². The van der Waals surface area contributed by atoms with Gasteiger partial charge in [0.25, 0.3) is 0 Å². The summed E-state index contributed by atoms with van der Waals surface area (Å²) in [6, 6.07) is 8.56. The fourth-order valence-electron chi connectivity index (χ4n) is 1.72. The van der Waals surface area contributed by atoms with Crippen LogP contribution >= 0.6 is 0 Å². The van der Waals surface area contributed by atoms with E-state index in [0.717, 1.165) is 6.54 Å². The van der Waals surface area contributed by atoms with Gasteiger partial charge in [0.2, 0.25) is 0 Å². The Bertz CT molecular complexity index is 335. The van der Waals surface area contributed by atoms with Crippen molar-refractivity contribution in [3.05, 3.63) is 35.4 Å². The van der Waals surface area contributed by atoms with Crippen molar-refractivity contribution in [2.24, 2.45) is 5.92 Å². The van der Waals surface area contributed by atoms with Gasteiger partial charge in [-0.25, -0.2) is 0 Å². The van der Waals surface area contributed by atoms with Crippen molar-refractivity contribution in [2.75, 3.05) is 13.6 Å². The molecule has 96 valence electrons. The summed E-state index contributed by atoms with van der Waals surface area (Å²) in [6.45, 7) is 9.49. The van der Waals surface area contributed by atoms with Crippen molar-refractivity contribution in [3.8, 4) is 0 Å². The standard InChI is InChI=1S/C15H25NO/c1-11(2)13(4)17-15(10-16-5)14-8-6-7-12(3)9-14/h6-9,11,13,15-16H,10H2,1-5H3. The highest BCUT2D eigenvalue weighted by Gasteiger charge is 2.17. The Hall–Kier alpha value is -0.860. The first-order valence-corrected chi connectivity index (χ1v) is 6.41. The summed E-state index contributed by atoms with van der Waals surface area (Å²) in [5.74, 6) is 0.541. The zero-order valence-electron chi connectivity index (χ0n) is 11.7. The number of likely N-dealkylation sites (N-methyl/N-ethyl adjacent to an activating group) is 1. The lowest BCUT2D eigenvalue weighted by atomic mass is 10.0. The minimum absolute atomic E-state index is 0.136. The highest BCUT2D eigenvalue weighted by Crippen LogP contribution is 2.22. The number of aryl methyl sites for hydroxylation is 1. The Morgan fingerprint density at radius 1 is 1.24 bits per heavy atom. The Morgan fingerprint density at radius 2 is 1.94 bits per heavy atom. The van der Waals surface area contributed by atoms with Crippen LogP contribution in [-0.4, -0.2) is 19.7 Å². The van der Waals surface area contributed by atoms with Crippen molar-refractivity contribution in [1.29, 1.82) is 0 Å². The monoisotopic (exact) mass is 235 g/mol. The lowest BCUT2D eigenvalue weighted by Crippen LogP contribution is -2.26. The summed E-state index contributed by atoms with van der Waals surface area (Å²) in [4.78, 5) is 0. The predicted molar refractivity (Wildman–Crippen MR) is 73.2 cm³/mol. The molecule has 0 aliphatic heterocycles. The quantitative estimate of drug-likeness (QED) is 0.816. The zero-order valence-corrected chi connectivity index (χ0v) is 11.7. The summed E-state index contributed by atoms with van der Waals surface area (Å²) in [5.41, 5.74) is 2.54. The molecule has 1 rings (SSSR count). The molecule has 0 bridgehead atoms. The summed E-state index contributed by atoms with van der Waals surface area (Å²) in [5, 5.41) is 3.21.